The quantitative estimate of drug-likeness (QED) is 0.573. The molecule has 1 aromatic heterocycles. The third-order valence-electron chi connectivity index (χ3n) is 5.56. The second-order valence-corrected chi connectivity index (χ2v) is 7.55. The first-order chi connectivity index (χ1) is 14.0. The molecule has 9 nitrogen and oxygen atoms in total. The molecule has 3 heterocycles. The van der Waals surface area contributed by atoms with E-state index in [0.29, 0.717) is 41.9 Å². The molecular formula is C20H22N4O5. The summed E-state index contributed by atoms with van der Waals surface area (Å²) < 4.78 is 5.45. The molecule has 3 amide bonds. The van der Waals surface area contributed by atoms with Gasteiger partial charge in [0.05, 0.1) is 18.2 Å². The van der Waals surface area contributed by atoms with Crippen LogP contribution < -0.4 is 10.6 Å². The number of carbonyl (C=O) groups excluding carboxylic acids is 4. The van der Waals surface area contributed by atoms with Gasteiger partial charge in [-0.25, -0.2) is 0 Å². The topological polar surface area (TPSA) is 122 Å². The molecule has 0 bridgehead atoms. The number of para-hydroxylation sites is 1. The monoisotopic (exact) mass is 398 g/mol. The summed E-state index contributed by atoms with van der Waals surface area (Å²) in [6.07, 6.45) is 3.15. The number of piperidine rings is 2. The van der Waals surface area contributed by atoms with Gasteiger partial charge >= 0.3 is 0 Å². The normalized spacial score (nSPS) is 21.2. The van der Waals surface area contributed by atoms with Gasteiger partial charge in [0.2, 0.25) is 17.7 Å². The van der Waals surface area contributed by atoms with Crippen molar-refractivity contribution < 1.29 is 23.7 Å². The molecule has 2 saturated heterocycles. The van der Waals surface area contributed by atoms with E-state index in [1.165, 1.54) is 0 Å². The number of hydrogen-bond donors (Lipinski definition) is 2. The van der Waals surface area contributed by atoms with Gasteiger partial charge in [-0.05, 0) is 44.5 Å². The zero-order valence-corrected chi connectivity index (χ0v) is 15.8. The van der Waals surface area contributed by atoms with Crippen LogP contribution >= 0.6 is 0 Å². The largest absolute Gasteiger partial charge is 0.354 e. The maximum atomic E-state index is 12.5. The van der Waals surface area contributed by atoms with Gasteiger partial charge in [-0.15, -0.1) is 0 Å². The second-order valence-electron chi connectivity index (χ2n) is 7.55. The minimum Gasteiger partial charge on any atom is -0.354 e. The molecule has 1 unspecified atom stereocenters. The molecule has 2 aliphatic heterocycles. The van der Waals surface area contributed by atoms with E-state index in [9.17, 15) is 19.2 Å². The number of carbonyl (C=O) groups is 4. The summed E-state index contributed by atoms with van der Waals surface area (Å²) in [7, 11) is 0. The number of imide groups is 1. The predicted molar refractivity (Wildman–Crippen MR) is 103 cm³/mol. The summed E-state index contributed by atoms with van der Waals surface area (Å²) in [6, 6.07) is 5.27. The van der Waals surface area contributed by atoms with Crippen molar-refractivity contribution in [3.05, 3.63) is 23.9 Å². The van der Waals surface area contributed by atoms with Crippen LogP contribution in [0.3, 0.4) is 0 Å². The zero-order valence-electron chi connectivity index (χ0n) is 15.8. The summed E-state index contributed by atoms with van der Waals surface area (Å²) in [5, 5.41) is 9.88. The summed E-state index contributed by atoms with van der Waals surface area (Å²) in [5.41, 5.74) is 1.36. The van der Waals surface area contributed by atoms with Crippen LogP contribution in [0.15, 0.2) is 22.7 Å². The van der Waals surface area contributed by atoms with Gasteiger partial charge < -0.3 is 14.6 Å². The molecule has 2 fully saturated rings. The SMILES string of the molecule is O=CC1CCN(CC(=O)Nc2cccc3c(C4CCC(=O)NC4=O)noc23)CC1. The number of aldehydes is 1. The van der Waals surface area contributed by atoms with E-state index < -0.39 is 5.92 Å². The van der Waals surface area contributed by atoms with E-state index in [4.69, 9.17) is 4.52 Å². The van der Waals surface area contributed by atoms with E-state index in [-0.39, 0.29) is 36.6 Å². The number of fused-ring (bicyclic) bond motifs is 1. The van der Waals surface area contributed by atoms with Crippen LogP contribution in [0.2, 0.25) is 0 Å². The first-order valence-corrected chi connectivity index (χ1v) is 9.74. The lowest BCUT2D eigenvalue weighted by molar-refractivity contribution is -0.134. The van der Waals surface area contributed by atoms with E-state index >= 15 is 0 Å². The number of rotatable bonds is 5. The molecule has 2 aliphatic rings. The van der Waals surface area contributed by atoms with Crippen LogP contribution in [0.1, 0.15) is 37.3 Å². The fourth-order valence-corrected chi connectivity index (χ4v) is 3.93. The van der Waals surface area contributed by atoms with Gasteiger partial charge in [-0.3, -0.25) is 24.6 Å². The number of aromatic nitrogens is 1. The Kier molecular flexibility index (Phi) is 5.39. The van der Waals surface area contributed by atoms with Crippen LogP contribution in [0, 0.1) is 5.92 Å². The van der Waals surface area contributed by atoms with Gasteiger partial charge in [-0.2, -0.15) is 0 Å². The molecule has 152 valence electrons. The predicted octanol–water partition coefficient (Wildman–Crippen LogP) is 1.20. The van der Waals surface area contributed by atoms with Gasteiger partial charge in [0.1, 0.15) is 12.0 Å². The minimum absolute atomic E-state index is 0.0861. The summed E-state index contributed by atoms with van der Waals surface area (Å²) >= 11 is 0. The van der Waals surface area contributed by atoms with Gasteiger partial charge in [0.25, 0.3) is 0 Å². The Balaban J connectivity index is 1.47. The third kappa shape index (κ3) is 4.04. The minimum atomic E-state index is -0.556. The molecule has 1 atom stereocenters. The molecule has 29 heavy (non-hydrogen) atoms. The second kappa shape index (κ2) is 8.12. The standard InChI is InChI=1S/C20H22N4O5/c25-11-12-6-8-24(9-7-12)10-17(27)21-15-3-1-2-13-18(23-29-19(13)15)14-4-5-16(26)22-20(14)28/h1-3,11-12,14H,4-10H2,(H,21,27)(H,22,26,28). The number of nitrogens with zero attached hydrogens (tertiary/aromatic N) is 2. The van der Waals surface area contributed by atoms with E-state index in [2.05, 4.69) is 15.8 Å². The lowest BCUT2D eigenvalue weighted by Gasteiger charge is -2.28. The highest BCUT2D eigenvalue weighted by Crippen LogP contribution is 2.33. The fraction of sp³-hybridized carbons (Fsp3) is 0.450. The molecule has 9 heteroatoms. The molecule has 0 radical (unpaired) electrons. The maximum absolute atomic E-state index is 12.5. The highest BCUT2D eigenvalue weighted by Gasteiger charge is 2.32. The Labute approximate surface area is 166 Å². The van der Waals surface area contributed by atoms with Crippen molar-refractivity contribution >= 4 is 40.7 Å². The Bertz CT molecular complexity index is 961. The first kappa shape index (κ1) is 19.3. The summed E-state index contributed by atoms with van der Waals surface area (Å²) in [4.78, 5) is 48.9. The number of anilines is 1. The Morgan fingerprint density at radius 1 is 1.28 bits per heavy atom. The van der Waals surface area contributed by atoms with Crippen LogP contribution in [0.25, 0.3) is 11.0 Å². The van der Waals surface area contributed by atoms with Crippen molar-refractivity contribution in [1.82, 2.24) is 15.4 Å². The van der Waals surface area contributed by atoms with Gasteiger partial charge in [-0.1, -0.05) is 11.2 Å². The molecule has 0 saturated carbocycles. The van der Waals surface area contributed by atoms with Gasteiger partial charge in [0.15, 0.2) is 5.58 Å². The lowest BCUT2D eigenvalue weighted by Crippen LogP contribution is -2.39. The van der Waals surface area contributed by atoms with Crippen molar-refractivity contribution in [3.8, 4) is 0 Å². The third-order valence-corrected chi connectivity index (χ3v) is 5.56. The molecule has 4 rings (SSSR count). The van der Waals surface area contributed by atoms with Crippen molar-refractivity contribution in [3.63, 3.8) is 0 Å². The average molecular weight is 398 g/mol. The van der Waals surface area contributed by atoms with Crippen molar-refractivity contribution in [2.24, 2.45) is 5.92 Å². The van der Waals surface area contributed by atoms with Gasteiger partial charge in [0, 0.05) is 17.7 Å². The molecule has 2 aromatic rings. The fourth-order valence-electron chi connectivity index (χ4n) is 3.93. The van der Waals surface area contributed by atoms with Crippen molar-refractivity contribution in [2.75, 3.05) is 25.0 Å². The van der Waals surface area contributed by atoms with Crippen molar-refractivity contribution in [2.45, 2.75) is 31.6 Å². The Morgan fingerprint density at radius 2 is 2.07 bits per heavy atom. The summed E-state index contributed by atoms with van der Waals surface area (Å²) in [5.74, 6) is -1.32. The summed E-state index contributed by atoms with van der Waals surface area (Å²) in [6.45, 7) is 1.65. The lowest BCUT2D eigenvalue weighted by atomic mass is 9.93. The highest BCUT2D eigenvalue weighted by molar-refractivity contribution is 6.04. The average Bonchev–Trinajstić information content (AvgIpc) is 3.13. The molecular weight excluding hydrogens is 376 g/mol. The Morgan fingerprint density at radius 3 is 2.79 bits per heavy atom. The van der Waals surface area contributed by atoms with E-state index in [0.717, 1.165) is 19.1 Å². The van der Waals surface area contributed by atoms with Crippen LogP contribution in [-0.2, 0) is 19.2 Å². The molecule has 0 spiro atoms. The number of nitrogens with one attached hydrogen (secondary N) is 2. The number of amides is 3. The van der Waals surface area contributed by atoms with Crippen LogP contribution in [-0.4, -0.2) is 53.7 Å². The van der Waals surface area contributed by atoms with Crippen LogP contribution in [0.5, 0.6) is 0 Å². The smallest absolute Gasteiger partial charge is 0.238 e. The van der Waals surface area contributed by atoms with Crippen molar-refractivity contribution in [1.29, 1.82) is 0 Å². The number of likely N-dealkylation sites (tertiary alicyclic amines) is 1. The molecule has 1 aromatic carbocycles. The maximum Gasteiger partial charge on any atom is 0.238 e. The first-order valence-electron chi connectivity index (χ1n) is 9.74. The molecule has 2 N–H and O–H groups in total. The van der Waals surface area contributed by atoms with E-state index in [1.807, 2.05) is 4.90 Å². The van der Waals surface area contributed by atoms with E-state index in [1.54, 1.807) is 18.2 Å². The highest BCUT2D eigenvalue weighted by atomic mass is 16.5. The number of hydrogen-bond acceptors (Lipinski definition) is 7. The number of benzene rings is 1. The Hall–Kier alpha value is -3.07. The zero-order chi connectivity index (χ0) is 20.4. The molecule has 0 aliphatic carbocycles. The van der Waals surface area contributed by atoms with Crippen LogP contribution in [0.4, 0.5) is 5.69 Å².